The van der Waals surface area contributed by atoms with Gasteiger partial charge < -0.3 is 9.32 Å². The first-order chi connectivity index (χ1) is 12.1. The van der Waals surface area contributed by atoms with Crippen molar-refractivity contribution in [3.05, 3.63) is 71.2 Å². The summed E-state index contributed by atoms with van der Waals surface area (Å²) < 4.78 is 18.7. The number of halogens is 1. The van der Waals surface area contributed by atoms with Crippen molar-refractivity contribution in [3.8, 4) is 0 Å². The molecule has 0 spiro atoms. The summed E-state index contributed by atoms with van der Waals surface area (Å²) in [6, 6.07) is 12.7. The second-order valence-corrected chi connectivity index (χ2v) is 6.82. The van der Waals surface area contributed by atoms with Gasteiger partial charge in [-0.1, -0.05) is 24.3 Å². The molecule has 0 N–H and O–H groups in total. The van der Waals surface area contributed by atoms with Crippen LogP contribution in [0.25, 0.3) is 11.0 Å². The molecule has 0 saturated heterocycles. The molecule has 1 aromatic heterocycles. The van der Waals surface area contributed by atoms with Gasteiger partial charge in [-0.3, -0.25) is 4.79 Å². The Balaban J connectivity index is 1.53. The average molecular weight is 337 g/mol. The number of hydrogen-bond acceptors (Lipinski definition) is 2. The number of hydrogen-bond donors (Lipinski definition) is 0. The molecular weight excluding hydrogens is 317 g/mol. The van der Waals surface area contributed by atoms with Crippen LogP contribution in [0.15, 0.2) is 53.1 Å². The molecule has 1 aliphatic rings. The lowest BCUT2D eigenvalue weighted by atomic mass is 10.1. The molecule has 0 radical (unpaired) electrons. The number of benzene rings is 2. The fourth-order valence-electron chi connectivity index (χ4n) is 3.19. The van der Waals surface area contributed by atoms with Crippen LogP contribution < -0.4 is 0 Å². The van der Waals surface area contributed by atoms with E-state index in [1.54, 1.807) is 18.4 Å². The quantitative estimate of drug-likeness (QED) is 0.681. The minimum Gasteiger partial charge on any atom is -0.464 e. The maximum Gasteiger partial charge on any atom is 0.227 e. The molecule has 3 aromatic rings. The molecule has 1 heterocycles. The standard InChI is InChI=1S/C21H20FNO2/c1-14-2-9-19-16(13-25-20(19)10-14)11-21(24)23(18-7-8-18)12-15-3-5-17(22)6-4-15/h2-6,9-10,13,18H,7-8,11-12H2,1H3. The van der Waals surface area contributed by atoms with E-state index in [-0.39, 0.29) is 11.7 Å². The van der Waals surface area contributed by atoms with Crippen LogP contribution >= 0.6 is 0 Å². The molecule has 4 heteroatoms. The highest BCUT2D eigenvalue weighted by atomic mass is 19.1. The summed E-state index contributed by atoms with van der Waals surface area (Å²) in [5.41, 5.74) is 3.83. The molecular formula is C21H20FNO2. The van der Waals surface area contributed by atoms with Crippen LogP contribution in [0, 0.1) is 12.7 Å². The van der Waals surface area contributed by atoms with Crippen molar-refractivity contribution in [2.75, 3.05) is 0 Å². The first kappa shape index (κ1) is 15.9. The van der Waals surface area contributed by atoms with Crippen molar-refractivity contribution in [1.29, 1.82) is 0 Å². The fourth-order valence-corrected chi connectivity index (χ4v) is 3.19. The molecule has 1 fully saturated rings. The zero-order valence-corrected chi connectivity index (χ0v) is 14.2. The number of carbonyl (C=O) groups is 1. The summed E-state index contributed by atoms with van der Waals surface area (Å²) in [7, 11) is 0. The van der Waals surface area contributed by atoms with Crippen molar-refractivity contribution in [3.63, 3.8) is 0 Å². The number of rotatable bonds is 5. The van der Waals surface area contributed by atoms with Crippen LogP contribution in [0.2, 0.25) is 0 Å². The van der Waals surface area contributed by atoms with Gasteiger partial charge in [0.25, 0.3) is 0 Å². The van der Waals surface area contributed by atoms with Crippen LogP contribution in [0.3, 0.4) is 0 Å². The Labute approximate surface area is 146 Å². The number of furan rings is 1. The summed E-state index contributed by atoms with van der Waals surface area (Å²) in [5, 5.41) is 0.997. The lowest BCUT2D eigenvalue weighted by Crippen LogP contribution is -2.33. The third kappa shape index (κ3) is 3.43. The van der Waals surface area contributed by atoms with Crippen molar-refractivity contribution < 1.29 is 13.6 Å². The van der Waals surface area contributed by atoms with Gasteiger partial charge in [0.1, 0.15) is 11.4 Å². The van der Waals surface area contributed by atoms with E-state index in [9.17, 15) is 9.18 Å². The van der Waals surface area contributed by atoms with Gasteiger partial charge in [-0.25, -0.2) is 4.39 Å². The third-order valence-electron chi connectivity index (χ3n) is 4.73. The predicted octanol–water partition coefficient (Wildman–Crippen LogP) is 4.61. The Kier molecular flexibility index (Phi) is 4.04. The highest BCUT2D eigenvalue weighted by molar-refractivity contribution is 5.88. The highest BCUT2D eigenvalue weighted by Gasteiger charge is 2.32. The van der Waals surface area contributed by atoms with Crippen molar-refractivity contribution in [1.82, 2.24) is 4.90 Å². The minimum absolute atomic E-state index is 0.0927. The molecule has 4 rings (SSSR count). The second kappa shape index (κ2) is 6.36. The Bertz CT molecular complexity index is 909. The van der Waals surface area contributed by atoms with Crippen LogP contribution in [0.5, 0.6) is 0 Å². The molecule has 0 atom stereocenters. The molecule has 0 bridgehead atoms. The summed E-state index contributed by atoms with van der Waals surface area (Å²) in [6.07, 6.45) is 4.09. The van der Waals surface area contributed by atoms with E-state index in [1.807, 2.05) is 30.0 Å². The molecule has 1 amide bonds. The smallest absolute Gasteiger partial charge is 0.227 e. The zero-order chi connectivity index (χ0) is 17.4. The first-order valence-electron chi connectivity index (χ1n) is 8.61. The van der Waals surface area contributed by atoms with Gasteiger partial charge in [0.15, 0.2) is 0 Å². The monoisotopic (exact) mass is 337 g/mol. The van der Waals surface area contributed by atoms with Crippen molar-refractivity contribution in [2.45, 2.75) is 38.8 Å². The summed E-state index contributed by atoms with van der Waals surface area (Å²) in [4.78, 5) is 14.8. The van der Waals surface area contributed by atoms with E-state index in [1.165, 1.54) is 12.1 Å². The lowest BCUT2D eigenvalue weighted by molar-refractivity contribution is -0.131. The van der Waals surface area contributed by atoms with Crippen LogP contribution in [0.1, 0.15) is 29.5 Å². The van der Waals surface area contributed by atoms with Gasteiger partial charge in [0.2, 0.25) is 5.91 Å². The lowest BCUT2D eigenvalue weighted by Gasteiger charge is -2.22. The second-order valence-electron chi connectivity index (χ2n) is 6.82. The molecule has 3 nitrogen and oxygen atoms in total. The predicted molar refractivity (Wildman–Crippen MR) is 94.6 cm³/mol. The summed E-state index contributed by atoms with van der Waals surface area (Å²) in [5.74, 6) is -0.164. The van der Waals surface area contributed by atoms with Crippen LogP contribution in [-0.4, -0.2) is 16.8 Å². The van der Waals surface area contributed by atoms with Gasteiger partial charge in [0, 0.05) is 23.5 Å². The third-order valence-corrected chi connectivity index (χ3v) is 4.73. The molecule has 128 valence electrons. The number of nitrogens with zero attached hydrogens (tertiary/aromatic N) is 1. The van der Waals surface area contributed by atoms with Gasteiger partial charge in [0.05, 0.1) is 12.7 Å². The first-order valence-corrected chi connectivity index (χ1v) is 8.61. The van der Waals surface area contributed by atoms with E-state index < -0.39 is 0 Å². The Morgan fingerprint density at radius 1 is 1.20 bits per heavy atom. The average Bonchev–Trinajstić information content (AvgIpc) is 3.36. The number of carbonyl (C=O) groups excluding carboxylic acids is 1. The van der Waals surface area contributed by atoms with Crippen molar-refractivity contribution in [2.24, 2.45) is 0 Å². The van der Waals surface area contributed by atoms with Gasteiger partial charge in [-0.15, -0.1) is 0 Å². The molecule has 0 aliphatic heterocycles. The van der Waals surface area contributed by atoms with Gasteiger partial charge >= 0.3 is 0 Å². The zero-order valence-electron chi connectivity index (χ0n) is 14.2. The van der Waals surface area contributed by atoms with Gasteiger partial charge in [-0.05, 0) is 49.1 Å². The molecule has 25 heavy (non-hydrogen) atoms. The Morgan fingerprint density at radius 3 is 2.68 bits per heavy atom. The van der Waals surface area contributed by atoms with Gasteiger partial charge in [-0.2, -0.15) is 0 Å². The van der Waals surface area contributed by atoms with E-state index in [2.05, 4.69) is 0 Å². The Morgan fingerprint density at radius 2 is 1.96 bits per heavy atom. The highest BCUT2D eigenvalue weighted by Crippen LogP contribution is 2.30. The number of fused-ring (bicyclic) bond motifs is 1. The largest absolute Gasteiger partial charge is 0.464 e. The normalized spacial score (nSPS) is 14.0. The maximum atomic E-state index is 13.1. The topological polar surface area (TPSA) is 33.5 Å². The van der Waals surface area contributed by atoms with Crippen LogP contribution in [0.4, 0.5) is 4.39 Å². The van der Waals surface area contributed by atoms with E-state index in [0.29, 0.717) is 19.0 Å². The Hall–Kier alpha value is -2.62. The summed E-state index contributed by atoms with van der Waals surface area (Å²) >= 11 is 0. The fraction of sp³-hybridized carbons (Fsp3) is 0.286. The molecule has 2 aromatic carbocycles. The molecule has 1 saturated carbocycles. The van der Waals surface area contributed by atoms with E-state index in [4.69, 9.17) is 4.42 Å². The molecule has 1 aliphatic carbocycles. The number of aryl methyl sites for hydroxylation is 1. The van der Waals surface area contributed by atoms with Crippen molar-refractivity contribution >= 4 is 16.9 Å². The van der Waals surface area contributed by atoms with E-state index in [0.717, 1.165) is 40.5 Å². The van der Waals surface area contributed by atoms with E-state index >= 15 is 0 Å². The molecule has 0 unspecified atom stereocenters. The maximum absolute atomic E-state index is 13.1. The minimum atomic E-state index is -0.256. The summed E-state index contributed by atoms with van der Waals surface area (Å²) in [6.45, 7) is 2.54. The van der Waals surface area contributed by atoms with Crippen LogP contribution in [-0.2, 0) is 17.8 Å². The number of amides is 1. The SMILES string of the molecule is Cc1ccc2c(CC(=O)N(Cc3ccc(F)cc3)C3CC3)coc2c1.